The molecule has 4 rings (SSSR count). The average molecular weight is 406 g/mol. The van der Waals surface area contributed by atoms with Gasteiger partial charge in [0.1, 0.15) is 17.4 Å². The van der Waals surface area contributed by atoms with E-state index in [1.807, 2.05) is 30.3 Å². The van der Waals surface area contributed by atoms with E-state index < -0.39 is 0 Å². The molecule has 0 unspecified atom stereocenters. The first-order valence-corrected chi connectivity index (χ1v) is 9.92. The highest BCUT2D eigenvalue weighted by molar-refractivity contribution is 5.94. The van der Waals surface area contributed by atoms with Crippen molar-refractivity contribution in [1.82, 2.24) is 9.97 Å². The molecule has 0 saturated carbocycles. The van der Waals surface area contributed by atoms with Gasteiger partial charge in [-0.3, -0.25) is 4.79 Å². The lowest BCUT2D eigenvalue weighted by atomic mass is 9.95. The zero-order chi connectivity index (χ0) is 20.9. The van der Waals surface area contributed by atoms with Crippen LogP contribution in [0.5, 0.6) is 5.75 Å². The second-order valence-corrected chi connectivity index (χ2v) is 7.20. The number of ether oxygens (including phenoxy) is 1. The predicted octanol–water partition coefficient (Wildman–Crippen LogP) is 4.15. The highest BCUT2D eigenvalue weighted by atomic mass is 19.1. The van der Waals surface area contributed by atoms with Crippen molar-refractivity contribution >= 4 is 17.4 Å². The van der Waals surface area contributed by atoms with Crippen LogP contribution in [0.3, 0.4) is 0 Å². The van der Waals surface area contributed by atoms with Crippen LogP contribution in [0, 0.1) is 11.7 Å². The molecule has 2 aromatic carbocycles. The lowest BCUT2D eigenvalue weighted by Gasteiger charge is -2.32. The number of nitrogens with one attached hydrogen (secondary N) is 1. The summed E-state index contributed by atoms with van der Waals surface area (Å²) in [6.07, 6.45) is 3.18. The molecule has 3 aromatic rings. The zero-order valence-electron chi connectivity index (χ0n) is 16.7. The van der Waals surface area contributed by atoms with Crippen molar-refractivity contribution in [3.8, 4) is 17.1 Å². The van der Waals surface area contributed by atoms with E-state index in [1.54, 1.807) is 25.4 Å². The fraction of sp³-hybridized carbons (Fsp3) is 0.261. The Labute approximate surface area is 174 Å². The molecule has 1 saturated heterocycles. The number of carbonyl (C=O) groups excluding carboxylic acids is 1. The third-order valence-corrected chi connectivity index (χ3v) is 5.30. The Hall–Kier alpha value is -3.48. The molecule has 154 valence electrons. The largest absolute Gasteiger partial charge is 0.495 e. The van der Waals surface area contributed by atoms with E-state index in [4.69, 9.17) is 4.74 Å². The van der Waals surface area contributed by atoms with Crippen molar-refractivity contribution in [1.29, 1.82) is 0 Å². The standard InChI is InChI=1S/C23H23FN4O2/c1-30-20-5-3-2-4-19(20)26-23(29)17-11-14-28(15-12-17)21-10-13-25-22(27-21)16-6-8-18(24)9-7-16/h2-10,13,17H,11-12,14-15H2,1H3,(H,26,29). The summed E-state index contributed by atoms with van der Waals surface area (Å²) in [5, 5.41) is 2.98. The third kappa shape index (κ3) is 4.40. The summed E-state index contributed by atoms with van der Waals surface area (Å²) in [6, 6.07) is 15.4. The van der Waals surface area contributed by atoms with Crippen LogP contribution in [0.4, 0.5) is 15.9 Å². The molecule has 30 heavy (non-hydrogen) atoms. The first kappa shape index (κ1) is 19.8. The van der Waals surface area contributed by atoms with Crippen LogP contribution in [0.25, 0.3) is 11.4 Å². The van der Waals surface area contributed by atoms with Gasteiger partial charge in [0.15, 0.2) is 5.82 Å². The monoisotopic (exact) mass is 406 g/mol. The van der Waals surface area contributed by atoms with Crippen molar-refractivity contribution in [2.75, 3.05) is 30.4 Å². The number of anilines is 2. The molecule has 0 atom stereocenters. The smallest absolute Gasteiger partial charge is 0.227 e. The summed E-state index contributed by atoms with van der Waals surface area (Å²) >= 11 is 0. The van der Waals surface area contributed by atoms with Gasteiger partial charge in [0.25, 0.3) is 0 Å². The van der Waals surface area contributed by atoms with E-state index >= 15 is 0 Å². The second-order valence-electron chi connectivity index (χ2n) is 7.20. The van der Waals surface area contributed by atoms with Gasteiger partial charge in [-0.15, -0.1) is 0 Å². The zero-order valence-corrected chi connectivity index (χ0v) is 16.7. The molecule has 1 N–H and O–H groups in total. The highest BCUT2D eigenvalue weighted by Crippen LogP contribution is 2.27. The topological polar surface area (TPSA) is 67.3 Å². The molecule has 0 spiro atoms. The number of rotatable bonds is 5. The van der Waals surface area contributed by atoms with E-state index in [2.05, 4.69) is 20.2 Å². The fourth-order valence-corrected chi connectivity index (χ4v) is 3.62. The molecular weight excluding hydrogens is 383 g/mol. The SMILES string of the molecule is COc1ccccc1NC(=O)C1CCN(c2ccnc(-c3ccc(F)cc3)n2)CC1. The Morgan fingerprint density at radius 1 is 1.10 bits per heavy atom. The van der Waals surface area contributed by atoms with Gasteiger partial charge >= 0.3 is 0 Å². The van der Waals surface area contributed by atoms with E-state index in [9.17, 15) is 9.18 Å². The maximum Gasteiger partial charge on any atom is 0.227 e. The van der Waals surface area contributed by atoms with Crippen molar-refractivity contribution in [3.63, 3.8) is 0 Å². The van der Waals surface area contributed by atoms with Gasteiger partial charge in [-0.2, -0.15) is 0 Å². The van der Waals surface area contributed by atoms with Crippen LogP contribution >= 0.6 is 0 Å². The van der Waals surface area contributed by atoms with E-state index in [-0.39, 0.29) is 17.6 Å². The molecule has 0 radical (unpaired) electrons. The van der Waals surface area contributed by atoms with Gasteiger partial charge in [-0.05, 0) is 55.3 Å². The van der Waals surface area contributed by atoms with Crippen LogP contribution in [0.15, 0.2) is 60.8 Å². The average Bonchev–Trinajstić information content (AvgIpc) is 2.80. The van der Waals surface area contributed by atoms with Gasteiger partial charge in [-0.1, -0.05) is 12.1 Å². The van der Waals surface area contributed by atoms with Crippen LogP contribution < -0.4 is 15.0 Å². The first-order valence-electron chi connectivity index (χ1n) is 9.92. The Morgan fingerprint density at radius 3 is 2.57 bits per heavy atom. The maximum absolute atomic E-state index is 13.2. The van der Waals surface area contributed by atoms with Crippen LogP contribution in [0.1, 0.15) is 12.8 Å². The van der Waals surface area contributed by atoms with Crippen molar-refractivity contribution in [3.05, 3.63) is 66.6 Å². The molecule has 1 aliphatic rings. The molecule has 1 aromatic heterocycles. The number of hydrogen-bond donors (Lipinski definition) is 1. The van der Waals surface area contributed by atoms with E-state index in [0.717, 1.165) is 37.3 Å². The number of amides is 1. The van der Waals surface area contributed by atoms with Crippen LogP contribution in [-0.2, 0) is 4.79 Å². The molecule has 7 heteroatoms. The predicted molar refractivity (Wildman–Crippen MR) is 114 cm³/mol. The first-order chi connectivity index (χ1) is 14.6. The molecule has 2 heterocycles. The number of carbonyl (C=O) groups is 1. The lowest BCUT2D eigenvalue weighted by molar-refractivity contribution is -0.120. The van der Waals surface area contributed by atoms with Gasteiger partial charge in [0.2, 0.25) is 5.91 Å². The molecule has 1 aliphatic heterocycles. The third-order valence-electron chi connectivity index (χ3n) is 5.30. The van der Waals surface area contributed by atoms with Gasteiger partial charge in [-0.25, -0.2) is 14.4 Å². The summed E-state index contributed by atoms with van der Waals surface area (Å²) in [7, 11) is 1.59. The van der Waals surface area contributed by atoms with Gasteiger partial charge in [0.05, 0.1) is 12.8 Å². The number of hydrogen-bond acceptors (Lipinski definition) is 5. The molecule has 1 amide bonds. The minimum absolute atomic E-state index is 0.00818. The quantitative estimate of drug-likeness (QED) is 0.690. The summed E-state index contributed by atoms with van der Waals surface area (Å²) < 4.78 is 18.5. The Morgan fingerprint density at radius 2 is 1.83 bits per heavy atom. The molecule has 0 aliphatic carbocycles. The minimum Gasteiger partial charge on any atom is -0.495 e. The van der Waals surface area contributed by atoms with Crippen molar-refractivity contribution in [2.24, 2.45) is 5.92 Å². The number of aromatic nitrogens is 2. The highest BCUT2D eigenvalue weighted by Gasteiger charge is 2.26. The fourth-order valence-electron chi connectivity index (χ4n) is 3.62. The maximum atomic E-state index is 13.2. The normalized spacial score (nSPS) is 14.4. The summed E-state index contributed by atoms with van der Waals surface area (Å²) in [6.45, 7) is 1.45. The van der Waals surface area contributed by atoms with Gasteiger partial charge in [0, 0.05) is 30.8 Å². The number of halogens is 1. The number of piperidine rings is 1. The minimum atomic E-state index is -0.289. The van der Waals surface area contributed by atoms with E-state index in [1.165, 1.54) is 12.1 Å². The van der Waals surface area contributed by atoms with Crippen molar-refractivity contribution < 1.29 is 13.9 Å². The lowest BCUT2D eigenvalue weighted by Crippen LogP contribution is -2.38. The molecule has 6 nitrogen and oxygen atoms in total. The van der Waals surface area contributed by atoms with E-state index in [0.29, 0.717) is 17.3 Å². The number of nitrogens with zero attached hydrogens (tertiary/aromatic N) is 3. The Balaban J connectivity index is 1.39. The Kier molecular flexibility index (Phi) is 5.88. The van der Waals surface area contributed by atoms with Crippen molar-refractivity contribution in [2.45, 2.75) is 12.8 Å². The molecule has 1 fully saturated rings. The van der Waals surface area contributed by atoms with Crippen LogP contribution in [0.2, 0.25) is 0 Å². The van der Waals surface area contributed by atoms with Crippen LogP contribution in [-0.4, -0.2) is 36.1 Å². The second kappa shape index (κ2) is 8.90. The number of methoxy groups -OCH3 is 1. The summed E-state index contributed by atoms with van der Waals surface area (Å²) in [5.41, 5.74) is 1.46. The Bertz CT molecular complexity index is 1020. The molecular formula is C23H23FN4O2. The number of benzene rings is 2. The number of para-hydroxylation sites is 2. The summed E-state index contributed by atoms with van der Waals surface area (Å²) in [5.74, 6) is 1.68. The molecule has 0 bridgehead atoms. The summed E-state index contributed by atoms with van der Waals surface area (Å²) in [4.78, 5) is 23.8. The van der Waals surface area contributed by atoms with Gasteiger partial charge < -0.3 is 15.0 Å².